The minimum atomic E-state index is 0.428. The zero-order valence-electron chi connectivity index (χ0n) is 23.1. The van der Waals surface area contributed by atoms with E-state index in [0.717, 1.165) is 80.0 Å². The van der Waals surface area contributed by atoms with Gasteiger partial charge in [0, 0.05) is 57.4 Å². The molecule has 41 heavy (non-hydrogen) atoms. The number of rotatable bonds is 8. The van der Waals surface area contributed by atoms with Crippen LogP contribution in [0.1, 0.15) is 25.0 Å². The third-order valence-corrected chi connectivity index (χ3v) is 7.10. The van der Waals surface area contributed by atoms with Crippen molar-refractivity contribution in [2.45, 2.75) is 13.8 Å². The summed E-state index contributed by atoms with van der Waals surface area (Å²) in [5.74, 6) is 2.39. The van der Waals surface area contributed by atoms with E-state index in [4.69, 9.17) is 15.6 Å². The van der Waals surface area contributed by atoms with Crippen molar-refractivity contribution < 1.29 is 4.74 Å². The number of nitrogens with one attached hydrogen (secondary N) is 6. The number of amidine groups is 2. The second-order valence-electron chi connectivity index (χ2n) is 9.93. The Kier molecular flexibility index (Phi) is 7.00. The highest BCUT2D eigenvalue weighted by Gasteiger charge is 2.09. The van der Waals surface area contributed by atoms with Crippen LogP contribution in [0, 0.1) is 10.8 Å². The normalized spacial score (nSPS) is 11.1. The van der Waals surface area contributed by atoms with Crippen LogP contribution < -0.4 is 15.4 Å². The van der Waals surface area contributed by atoms with Gasteiger partial charge in [-0.15, -0.1) is 0 Å². The molecule has 4 aromatic carbocycles. The third kappa shape index (κ3) is 5.43. The Hall–Kier alpha value is -5.30. The Morgan fingerprint density at radius 3 is 1.39 bits per heavy atom. The molecule has 0 spiro atoms. The average Bonchev–Trinajstić information content (AvgIpc) is 3.62. The summed E-state index contributed by atoms with van der Waals surface area (Å²) in [4.78, 5) is 6.96. The SMILES string of the molecule is CCNC(=N)c1ccc2cc(-c3ccc(Oc4ccc(-c5cc6ccc(C(=N)NCC)cc6[nH]5)cc4)cc3)[nH]c2c1. The molecule has 0 aliphatic heterocycles. The predicted octanol–water partition coefficient (Wildman–Crippen LogP) is 7.65. The molecule has 0 aliphatic rings. The van der Waals surface area contributed by atoms with Gasteiger partial charge in [0.25, 0.3) is 0 Å². The van der Waals surface area contributed by atoms with Gasteiger partial charge >= 0.3 is 0 Å². The maximum Gasteiger partial charge on any atom is 0.127 e. The number of benzene rings is 4. The van der Waals surface area contributed by atoms with E-state index in [1.165, 1.54) is 0 Å². The smallest absolute Gasteiger partial charge is 0.127 e. The van der Waals surface area contributed by atoms with E-state index in [1.54, 1.807) is 0 Å². The number of H-pyrrole nitrogens is 2. The zero-order valence-corrected chi connectivity index (χ0v) is 23.1. The van der Waals surface area contributed by atoms with Gasteiger partial charge in [0.05, 0.1) is 0 Å². The number of hydrogen-bond donors (Lipinski definition) is 6. The first-order valence-electron chi connectivity index (χ1n) is 13.8. The molecule has 0 atom stereocenters. The van der Waals surface area contributed by atoms with Crippen LogP contribution in [0.15, 0.2) is 97.1 Å². The molecule has 0 unspecified atom stereocenters. The molecule has 6 aromatic rings. The molecule has 7 heteroatoms. The van der Waals surface area contributed by atoms with Crippen molar-refractivity contribution in [3.8, 4) is 34.0 Å². The lowest BCUT2D eigenvalue weighted by atomic mass is 10.1. The quantitative estimate of drug-likeness (QED) is 0.0881. The summed E-state index contributed by atoms with van der Waals surface area (Å²) in [6.07, 6.45) is 0. The summed E-state index contributed by atoms with van der Waals surface area (Å²) in [6, 6.07) is 32.4. The first-order chi connectivity index (χ1) is 20.0. The second-order valence-corrected chi connectivity index (χ2v) is 9.93. The van der Waals surface area contributed by atoms with Crippen molar-refractivity contribution >= 4 is 33.5 Å². The lowest BCUT2D eigenvalue weighted by Crippen LogP contribution is -2.22. The van der Waals surface area contributed by atoms with Gasteiger partial charge in [-0.05, 0) is 97.8 Å². The Morgan fingerprint density at radius 1 is 0.585 bits per heavy atom. The number of ether oxygens (including phenoxy) is 1. The largest absolute Gasteiger partial charge is 0.457 e. The van der Waals surface area contributed by atoms with E-state index >= 15 is 0 Å². The first kappa shape index (κ1) is 26.0. The molecule has 6 rings (SSSR count). The summed E-state index contributed by atoms with van der Waals surface area (Å²) in [7, 11) is 0. The Balaban J connectivity index is 1.14. The molecule has 204 valence electrons. The van der Waals surface area contributed by atoms with Crippen LogP contribution >= 0.6 is 0 Å². The fourth-order valence-corrected chi connectivity index (χ4v) is 4.97. The average molecular weight is 541 g/mol. The second kappa shape index (κ2) is 11.1. The fraction of sp³-hybridized carbons (Fsp3) is 0.118. The minimum absolute atomic E-state index is 0.428. The molecule has 6 N–H and O–H groups in total. The van der Waals surface area contributed by atoms with Gasteiger partial charge in [0.2, 0.25) is 0 Å². The van der Waals surface area contributed by atoms with Crippen molar-refractivity contribution in [2.75, 3.05) is 13.1 Å². The molecule has 2 aromatic heterocycles. The monoisotopic (exact) mass is 540 g/mol. The van der Waals surface area contributed by atoms with E-state index in [9.17, 15) is 0 Å². The predicted molar refractivity (Wildman–Crippen MR) is 169 cm³/mol. The molecule has 0 saturated carbocycles. The molecule has 0 fully saturated rings. The van der Waals surface area contributed by atoms with Crippen LogP contribution in [0.25, 0.3) is 44.3 Å². The molecule has 0 saturated heterocycles. The van der Waals surface area contributed by atoms with Crippen LogP contribution in [0.3, 0.4) is 0 Å². The first-order valence-corrected chi connectivity index (χ1v) is 13.8. The summed E-state index contributed by atoms with van der Waals surface area (Å²) < 4.78 is 6.13. The van der Waals surface area contributed by atoms with Gasteiger partial charge in [-0.1, -0.05) is 24.3 Å². The van der Waals surface area contributed by atoms with E-state index in [0.29, 0.717) is 11.7 Å². The van der Waals surface area contributed by atoms with Crippen molar-refractivity contribution in [2.24, 2.45) is 0 Å². The van der Waals surface area contributed by atoms with Gasteiger partial charge in [-0.25, -0.2) is 0 Å². The van der Waals surface area contributed by atoms with Crippen LogP contribution in [0.4, 0.5) is 0 Å². The fourth-order valence-electron chi connectivity index (χ4n) is 4.97. The molecule has 0 bridgehead atoms. The topological polar surface area (TPSA) is 113 Å². The molecular weight excluding hydrogens is 508 g/mol. The standard InChI is InChI=1S/C34H32N6O/c1-3-37-33(35)25-7-5-23-17-29(39-31(23)19-25)21-9-13-27(14-10-21)41-28-15-11-22(12-16-28)30-18-24-6-8-26(20-32(24)40-30)34(36)38-4-2/h5-20,39-40H,3-4H2,1-2H3,(H2,35,37)(H2,36,38). The summed E-state index contributed by atoms with van der Waals surface area (Å²) >= 11 is 0. The molecule has 0 radical (unpaired) electrons. The Bertz CT molecular complexity index is 1720. The highest BCUT2D eigenvalue weighted by atomic mass is 16.5. The van der Waals surface area contributed by atoms with E-state index in [-0.39, 0.29) is 0 Å². The van der Waals surface area contributed by atoms with Crippen LogP contribution in [0.5, 0.6) is 11.5 Å². The Labute approximate surface area is 238 Å². The minimum Gasteiger partial charge on any atom is -0.457 e. The van der Waals surface area contributed by atoms with E-state index in [2.05, 4.69) is 32.7 Å². The maximum atomic E-state index is 8.15. The van der Waals surface area contributed by atoms with Crippen molar-refractivity contribution in [1.29, 1.82) is 10.8 Å². The van der Waals surface area contributed by atoms with E-state index < -0.39 is 0 Å². The molecule has 7 nitrogen and oxygen atoms in total. The highest BCUT2D eigenvalue weighted by Crippen LogP contribution is 2.30. The van der Waals surface area contributed by atoms with Crippen LogP contribution in [-0.2, 0) is 0 Å². The zero-order chi connectivity index (χ0) is 28.3. The molecular formula is C34H32N6O. The lowest BCUT2D eigenvalue weighted by molar-refractivity contribution is 0.483. The van der Waals surface area contributed by atoms with Crippen molar-refractivity contribution in [3.05, 3.63) is 108 Å². The van der Waals surface area contributed by atoms with Gasteiger partial charge in [-0.3, -0.25) is 10.8 Å². The van der Waals surface area contributed by atoms with Gasteiger partial charge in [-0.2, -0.15) is 0 Å². The summed E-state index contributed by atoms with van der Waals surface area (Å²) in [5.41, 5.74) is 7.90. The molecule has 0 amide bonds. The summed E-state index contributed by atoms with van der Waals surface area (Å²) in [6.45, 7) is 5.43. The highest BCUT2D eigenvalue weighted by molar-refractivity contribution is 6.01. The number of aromatic amines is 2. The van der Waals surface area contributed by atoms with Crippen LogP contribution in [0.2, 0.25) is 0 Å². The molecule has 0 aliphatic carbocycles. The third-order valence-electron chi connectivity index (χ3n) is 7.10. The summed E-state index contributed by atoms with van der Waals surface area (Å²) in [5, 5.41) is 24.6. The Morgan fingerprint density at radius 2 is 1.00 bits per heavy atom. The van der Waals surface area contributed by atoms with E-state index in [1.807, 2.05) is 98.8 Å². The number of aromatic nitrogens is 2. The van der Waals surface area contributed by atoms with Crippen LogP contribution in [-0.4, -0.2) is 34.7 Å². The van der Waals surface area contributed by atoms with Gasteiger partial charge in [0.1, 0.15) is 23.2 Å². The maximum absolute atomic E-state index is 8.15. The van der Waals surface area contributed by atoms with Gasteiger partial charge in [0.15, 0.2) is 0 Å². The lowest BCUT2D eigenvalue weighted by Gasteiger charge is -2.07. The van der Waals surface area contributed by atoms with Crippen molar-refractivity contribution in [3.63, 3.8) is 0 Å². The van der Waals surface area contributed by atoms with Crippen molar-refractivity contribution in [1.82, 2.24) is 20.6 Å². The number of hydrogen-bond acceptors (Lipinski definition) is 3. The molecule has 2 heterocycles. The van der Waals surface area contributed by atoms with Gasteiger partial charge < -0.3 is 25.3 Å². The number of fused-ring (bicyclic) bond motifs is 2.